The van der Waals surface area contributed by atoms with E-state index in [1.807, 2.05) is 0 Å². The van der Waals surface area contributed by atoms with E-state index in [9.17, 15) is 4.79 Å². The third-order valence-corrected chi connectivity index (χ3v) is 2.36. The zero-order chi connectivity index (χ0) is 10.0. The Labute approximate surface area is 83.1 Å². The standard InChI is InChI=1S/C8H8BrNO3/c9-6-2-5(8(12)13)7(10)1-4(6)3-11/h1-2,11H,3,10H2,(H,12,13). The Morgan fingerprint density at radius 3 is 2.62 bits per heavy atom. The fourth-order valence-corrected chi connectivity index (χ4v) is 1.41. The van der Waals surface area contributed by atoms with Gasteiger partial charge in [-0.15, -0.1) is 0 Å². The summed E-state index contributed by atoms with van der Waals surface area (Å²) in [5.41, 5.74) is 6.21. The maximum absolute atomic E-state index is 10.6. The average Bonchev–Trinajstić information content (AvgIpc) is 2.07. The minimum absolute atomic E-state index is 0.0316. The van der Waals surface area contributed by atoms with Crippen molar-refractivity contribution < 1.29 is 15.0 Å². The van der Waals surface area contributed by atoms with Crippen LogP contribution in [0.25, 0.3) is 0 Å². The number of carbonyl (C=O) groups is 1. The number of aliphatic hydroxyl groups excluding tert-OH is 1. The predicted octanol–water partition coefficient (Wildman–Crippen LogP) is 1.22. The van der Waals surface area contributed by atoms with E-state index in [2.05, 4.69) is 15.9 Å². The van der Waals surface area contributed by atoms with Gasteiger partial charge in [0.2, 0.25) is 0 Å². The molecule has 5 heteroatoms. The van der Waals surface area contributed by atoms with E-state index >= 15 is 0 Å². The summed E-state index contributed by atoms with van der Waals surface area (Å²) < 4.78 is 0.543. The number of aromatic carboxylic acids is 1. The van der Waals surface area contributed by atoms with Gasteiger partial charge in [-0.3, -0.25) is 0 Å². The van der Waals surface area contributed by atoms with Gasteiger partial charge in [-0.2, -0.15) is 0 Å². The Balaban J connectivity index is 3.28. The molecule has 0 atom stereocenters. The second kappa shape index (κ2) is 3.76. The normalized spacial score (nSPS) is 10.0. The number of carboxylic acids is 1. The first-order valence-electron chi connectivity index (χ1n) is 3.48. The Kier molecular flexibility index (Phi) is 2.90. The third-order valence-electron chi connectivity index (χ3n) is 1.62. The summed E-state index contributed by atoms with van der Waals surface area (Å²) in [4.78, 5) is 10.6. The summed E-state index contributed by atoms with van der Waals surface area (Å²) in [5.74, 6) is -1.08. The van der Waals surface area contributed by atoms with E-state index < -0.39 is 5.97 Å². The van der Waals surface area contributed by atoms with E-state index in [0.717, 1.165) is 0 Å². The molecule has 0 radical (unpaired) electrons. The first-order chi connectivity index (χ1) is 6.06. The van der Waals surface area contributed by atoms with Crippen LogP contribution < -0.4 is 5.73 Å². The number of nitrogens with two attached hydrogens (primary N) is 1. The summed E-state index contributed by atoms with van der Waals surface area (Å²) in [6, 6.07) is 2.82. The highest BCUT2D eigenvalue weighted by molar-refractivity contribution is 9.10. The van der Waals surface area contributed by atoms with Crippen molar-refractivity contribution in [3.8, 4) is 0 Å². The number of carboxylic acid groups (broad SMARTS) is 1. The molecule has 0 fully saturated rings. The van der Waals surface area contributed by atoms with Crippen LogP contribution in [-0.4, -0.2) is 16.2 Å². The third kappa shape index (κ3) is 1.99. The van der Waals surface area contributed by atoms with Crippen molar-refractivity contribution in [1.29, 1.82) is 0 Å². The van der Waals surface area contributed by atoms with Crippen LogP contribution in [-0.2, 0) is 6.61 Å². The van der Waals surface area contributed by atoms with Crippen LogP contribution in [0.15, 0.2) is 16.6 Å². The second-order valence-electron chi connectivity index (χ2n) is 2.49. The van der Waals surface area contributed by atoms with Crippen molar-refractivity contribution in [2.45, 2.75) is 6.61 Å². The molecule has 0 aliphatic carbocycles. The van der Waals surface area contributed by atoms with Gasteiger partial charge in [0.05, 0.1) is 12.2 Å². The van der Waals surface area contributed by atoms with Gasteiger partial charge in [-0.25, -0.2) is 4.79 Å². The van der Waals surface area contributed by atoms with Crippen molar-refractivity contribution >= 4 is 27.6 Å². The number of aliphatic hydroxyl groups is 1. The molecule has 4 N–H and O–H groups in total. The summed E-state index contributed by atoms with van der Waals surface area (Å²) in [7, 11) is 0. The Morgan fingerprint density at radius 1 is 1.54 bits per heavy atom. The molecular formula is C8H8BrNO3. The fourth-order valence-electron chi connectivity index (χ4n) is 0.944. The molecule has 4 nitrogen and oxygen atoms in total. The van der Waals surface area contributed by atoms with Gasteiger partial charge in [0.1, 0.15) is 0 Å². The minimum atomic E-state index is -1.08. The molecule has 0 aromatic heterocycles. The quantitative estimate of drug-likeness (QED) is 0.685. The molecule has 1 aromatic rings. The topological polar surface area (TPSA) is 83.5 Å². The number of halogens is 1. The van der Waals surface area contributed by atoms with Crippen molar-refractivity contribution in [1.82, 2.24) is 0 Å². The lowest BCUT2D eigenvalue weighted by Gasteiger charge is -2.05. The van der Waals surface area contributed by atoms with E-state index in [-0.39, 0.29) is 17.9 Å². The maximum Gasteiger partial charge on any atom is 0.337 e. The van der Waals surface area contributed by atoms with E-state index in [4.69, 9.17) is 15.9 Å². The van der Waals surface area contributed by atoms with Gasteiger partial charge in [0.25, 0.3) is 0 Å². The number of nitrogen functional groups attached to an aromatic ring is 1. The van der Waals surface area contributed by atoms with Gasteiger partial charge in [0.15, 0.2) is 0 Å². The monoisotopic (exact) mass is 245 g/mol. The predicted molar refractivity (Wildman–Crippen MR) is 51.4 cm³/mol. The Bertz CT molecular complexity index is 351. The lowest BCUT2D eigenvalue weighted by atomic mass is 10.1. The first kappa shape index (κ1) is 10.0. The molecule has 0 aliphatic heterocycles. The average molecular weight is 246 g/mol. The largest absolute Gasteiger partial charge is 0.478 e. The lowest BCUT2D eigenvalue weighted by Crippen LogP contribution is -2.03. The molecular weight excluding hydrogens is 238 g/mol. The highest BCUT2D eigenvalue weighted by Gasteiger charge is 2.10. The zero-order valence-corrected chi connectivity index (χ0v) is 8.21. The van der Waals surface area contributed by atoms with Gasteiger partial charge in [0, 0.05) is 10.2 Å². The molecule has 0 amide bonds. The van der Waals surface area contributed by atoms with Crippen molar-refractivity contribution in [3.63, 3.8) is 0 Å². The zero-order valence-electron chi connectivity index (χ0n) is 6.62. The van der Waals surface area contributed by atoms with Crippen molar-refractivity contribution in [3.05, 3.63) is 27.7 Å². The number of hydrogen-bond acceptors (Lipinski definition) is 3. The van der Waals surface area contributed by atoms with E-state index in [0.29, 0.717) is 10.0 Å². The number of benzene rings is 1. The molecule has 1 aromatic carbocycles. The number of rotatable bonds is 2. The van der Waals surface area contributed by atoms with Crippen LogP contribution in [0.5, 0.6) is 0 Å². The SMILES string of the molecule is Nc1cc(CO)c(Br)cc1C(=O)O. The Morgan fingerprint density at radius 2 is 2.15 bits per heavy atom. The van der Waals surface area contributed by atoms with Crippen LogP contribution in [0.2, 0.25) is 0 Å². The van der Waals surface area contributed by atoms with E-state index in [1.165, 1.54) is 12.1 Å². The molecule has 0 bridgehead atoms. The lowest BCUT2D eigenvalue weighted by molar-refractivity contribution is 0.0698. The van der Waals surface area contributed by atoms with Crippen LogP contribution in [0.4, 0.5) is 5.69 Å². The fraction of sp³-hybridized carbons (Fsp3) is 0.125. The van der Waals surface area contributed by atoms with Gasteiger partial charge in [-0.1, -0.05) is 15.9 Å². The Hall–Kier alpha value is -1.07. The van der Waals surface area contributed by atoms with Crippen LogP contribution in [0.1, 0.15) is 15.9 Å². The summed E-state index contributed by atoms with van der Waals surface area (Å²) in [5, 5.41) is 17.5. The number of hydrogen-bond donors (Lipinski definition) is 3. The smallest absolute Gasteiger partial charge is 0.337 e. The van der Waals surface area contributed by atoms with Gasteiger partial charge < -0.3 is 15.9 Å². The van der Waals surface area contributed by atoms with Crippen LogP contribution in [0.3, 0.4) is 0 Å². The summed E-state index contributed by atoms with van der Waals surface area (Å²) in [6.45, 7) is -0.176. The summed E-state index contributed by atoms with van der Waals surface area (Å²) >= 11 is 3.13. The maximum atomic E-state index is 10.6. The van der Waals surface area contributed by atoms with Crippen LogP contribution >= 0.6 is 15.9 Å². The molecule has 0 spiro atoms. The second-order valence-corrected chi connectivity index (χ2v) is 3.35. The van der Waals surface area contributed by atoms with Crippen LogP contribution in [0, 0.1) is 0 Å². The molecule has 0 saturated heterocycles. The molecule has 0 aliphatic rings. The van der Waals surface area contributed by atoms with Crippen molar-refractivity contribution in [2.75, 3.05) is 5.73 Å². The minimum Gasteiger partial charge on any atom is -0.478 e. The summed E-state index contributed by atoms with van der Waals surface area (Å²) in [6.07, 6.45) is 0. The van der Waals surface area contributed by atoms with Gasteiger partial charge in [-0.05, 0) is 17.7 Å². The first-order valence-corrected chi connectivity index (χ1v) is 4.27. The van der Waals surface area contributed by atoms with Crippen molar-refractivity contribution in [2.24, 2.45) is 0 Å². The molecule has 0 unspecified atom stereocenters. The number of anilines is 1. The highest BCUT2D eigenvalue weighted by atomic mass is 79.9. The molecule has 70 valence electrons. The molecule has 1 rings (SSSR count). The van der Waals surface area contributed by atoms with Gasteiger partial charge >= 0.3 is 5.97 Å². The highest BCUT2D eigenvalue weighted by Crippen LogP contribution is 2.23. The molecule has 13 heavy (non-hydrogen) atoms. The molecule has 0 heterocycles. The molecule has 0 saturated carbocycles. The van der Waals surface area contributed by atoms with E-state index in [1.54, 1.807) is 0 Å².